The predicted molar refractivity (Wildman–Crippen MR) is 75.3 cm³/mol. The third kappa shape index (κ3) is 1.97. The van der Waals surface area contributed by atoms with Gasteiger partial charge in [-0.3, -0.25) is 9.59 Å². The first-order valence-electron chi connectivity index (χ1n) is 5.51. The molecule has 0 heterocycles. The second-order valence-corrected chi connectivity index (χ2v) is 4.44. The van der Waals surface area contributed by atoms with E-state index < -0.39 is 0 Å². The van der Waals surface area contributed by atoms with Gasteiger partial charge in [-0.05, 0) is 30.7 Å². The summed E-state index contributed by atoms with van der Waals surface area (Å²) in [7, 11) is 0. The maximum absolute atomic E-state index is 12.2. The molecule has 0 spiro atoms. The topological polar surface area (TPSA) is 34.1 Å². The Balaban J connectivity index is 2.65. The minimum Gasteiger partial charge on any atom is -0.289 e. The first-order chi connectivity index (χ1) is 8.58. The Morgan fingerprint density at radius 1 is 1.22 bits per heavy atom. The molecular formula is C15H12O2S. The lowest BCUT2D eigenvalue weighted by atomic mass is 9.88. The Hall–Kier alpha value is -1.87. The summed E-state index contributed by atoms with van der Waals surface area (Å²) in [5.41, 5.74) is 1.99. The molecule has 1 aliphatic rings. The highest BCUT2D eigenvalue weighted by Crippen LogP contribution is 2.27. The maximum atomic E-state index is 12.2. The molecule has 2 nitrogen and oxygen atoms in total. The van der Waals surface area contributed by atoms with Gasteiger partial charge in [0, 0.05) is 21.6 Å². The van der Waals surface area contributed by atoms with Crippen LogP contribution < -0.4 is 0 Å². The summed E-state index contributed by atoms with van der Waals surface area (Å²) >= 11 is 4.29. The van der Waals surface area contributed by atoms with Gasteiger partial charge in [0.15, 0.2) is 11.6 Å². The van der Waals surface area contributed by atoms with Crippen molar-refractivity contribution in [3.63, 3.8) is 0 Å². The number of ketones is 2. The van der Waals surface area contributed by atoms with Crippen LogP contribution in [0.15, 0.2) is 47.4 Å². The summed E-state index contributed by atoms with van der Waals surface area (Å²) in [6.45, 7) is 5.46. The van der Waals surface area contributed by atoms with Gasteiger partial charge in [-0.2, -0.15) is 0 Å². The van der Waals surface area contributed by atoms with Crippen molar-refractivity contribution >= 4 is 30.3 Å². The van der Waals surface area contributed by atoms with Crippen LogP contribution >= 0.6 is 12.6 Å². The molecule has 0 unspecified atom stereocenters. The molecule has 0 amide bonds. The lowest BCUT2D eigenvalue weighted by Gasteiger charge is -2.14. The molecule has 0 saturated carbocycles. The van der Waals surface area contributed by atoms with E-state index in [9.17, 15) is 9.59 Å². The van der Waals surface area contributed by atoms with E-state index >= 15 is 0 Å². The summed E-state index contributed by atoms with van der Waals surface area (Å²) in [5, 5.41) is 0. The Morgan fingerprint density at radius 2 is 1.94 bits per heavy atom. The molecule has 18 heavy (non-hydrogen) atoms. The van der Waals surface area contributed by atoms with E-state index in [1.165, 1.54) is 6.08 Å². The first-order valence-corrected chi connectivity index (χ1v) is 5.96. The van der Waals surface area contributed by atoms with Crippen molar-refractivity contribution < 1.29 is 9.59 Å². The molecule has 3 heteroatoms. The number of hydrogen-bond donors (Lipinski definition) is 1. The van der Waals surface area contributed by atoms with E-state index in [0.717, 1.165) is 5.56 Å². The highest BCUT2D eigenvalue weighted by Gasteiger charge is 2.24. The van der Waals surface area contributed by atoms with Crippen LogP contribution in [0.25, 0.3) is 6.08 Å². The van der Waals surface area contributed by atoms with Gasteiger partial charge in [-0.15, -0.1) is 12.6 Å². The average Bonchev–Trinajstić information content (AvgIpc) is 2.35. The van der Waals surface area contributed by atoms with Crippen molar-refractivity contribution in [3.05, 3.63) is 59.2 Å². The highest BCUT2D eigenvalue weighted by molar-refractivity contribution is 7.80. The Kier molecular flexibility index (Phi) is 3.34. The van der Waals surface area contributed by atoms with Crippen LogP contribution in [0.5, 0.6) is 0 Å². The molecule has 0 aliphatic heterocycles. The summed E-state index contributed by atoms with van der Waals surface area (Å²) < 4.78 is 0. The number of rotatable bonds is 2. The second kappa shape index (κ2) is 4.78. The molecule has 0 fully saturated rings. The molecule has 0 saturated heterocycles. The summed E-state index contributed by atoms with van der Waals surface area (Å²) in [5.74, 6) is -0.303. The fourth-order valence-electron chi connectivity index (χ4n) is 1.90. The molecule has 2 rings (SSSR count). The average molecular weight is 256 g/mol. The van der Waals surface area contributed by atoms with E-state index in [0.29, 0.717) is 21.6 Å². The fraction of sp³-hybridized carbons (Fsp3) is 0.0667. The van der Waals surface area contributed by atoms with Crippen molar-refractivity contribution in [2.75, 3.05) is 0 Å². The van der Waals surface area contributed by atoms with Gasteiger partial charge < -0.3 is 0 Å². The van der Waals surface area contributed by atoms with E-state index in [1.54, 1.807) is 37.3 Å². The zero-order valence-electron chi connectivity index (χ0n) is 9.93. The van der Waals surface area contributed by atoms with Crippen molar-refractivity contribution in [2.45, 2.75) is 11.8 Å². The minimum atomic E-state index is -0.158. The molecular weight excluding hydrogens is 244 g/mol. The van der Waals surface area contributed by atoms with Crippen molar-refractivity contribution in [3.8, 4) is 0 Å². The van der Waals surface area contributed by atoms with Crippen LogP contribution in [0, 0.1) is 0 Å². The van der Waals surface area contributed by atoms with Gasteiger partial charge in [-0.25, -0.2) is 0 Å². The van der Waals surface area contributed by atoms with Crippen LogP contribution in [0.4, 0.5) is 0 Å². The Morgan fingerprint density at radius 3 is 2.56 bits per heavy atom. The number of hydrogen-bond acceptors (Lipinski definition) is 3. The molecule has 0 radical (unpaired) electrons. The van der Waals surface area contributed by atoms with Crippen molar-refractivity contribution in [2.24, 2.45) is 0 Å². The largest absolute Gasteiger partial charge is 0.289 e. The van der Waals surface area contributed by atoms with Gasteiger partial charge in [-0.1, -0.05) is 24.8 Å². The standard InChI is InChI=1S/C15H12O2S/c1-3-5-10-7-13(16)11-6-9(4-2)14(18)8-12(11)15(10)17/h3-8,18H,2H2,1H3/b5-3+. The second-order valence-electron chi connectivity index (χ2n) is 3.95. The van der Waals surface area contributed by atoms with Crippen LogP contribution in [-0.2, 0) is 0 Å². The van der Waals surface area contributed by atoms with Crippen LogP contribution in [-0.4, -0.2) is 11.6 Å². The van der Waals surface area contributed by atoms with Gasteiger partial charge >= 0.3 is 0 Å². The van der Waals surface area contributed by atoms with Gasteiger partial charge in [0.1, 0.15) is 0 Å². The number of benzene rings is 1. The molecule has 0 N–H and O–H groups in total. The van der Waals surface area contributed by atoms with E-state index in [-0.39, 0.29) is 11.6 Å². The Bertz CT molecular complexity index is 622. The lowest BCUT2D eigenvalue weighted by Crippen LogP contribution is -2.16. The van der Waals surface area contributed by atoms with Gasteiger partial charge in [0.05, 0.1) is 0 Å². The fourth-order valence-corrected chi connectivity index (χ4v) is 2.19. The van der Waals surface area contributed by atoms with Gasteiger partial charge in [0.25, 0.3) is 0 Å². The molecule has 0 atom stereocenters. The molecule has 1 aromatic rings. The highest BCUT2D eigenvalue weighted by atomic mass is 32.1. The third-order valence-electron chi connectivity index (χ3n) is 2.79. The van der Waals surface area contributed by atoms with Crippen LogP contribution in [0.2, 0.25) is 0 Å². The van der Waals surface area contributed by atoms with Crippen LogP contribution in [0.1, 0.15) is 33.2 Å². The number of carbonyl (C=O) groups excluding carboxylic acids is 2. The number of allylic oxidation sites excluding steroid dienone is 4. The summed E-state index contributed by atoms with van der Waals surface area (Å²) in [6.07, 6.45) is 6.37. The smallest absolute Gasteiger partial charge is 0.193 e. The maximum Gasteiger partial charge on any atom is 0.193 e. The quantitative estimate of drug-likeness (QED) is 0.822. The Labute approximate surface area is 111 Å². The molecule has 90 valence electrons. The van der Waals surface area contributed by atoms with E-state index in [4.69, 9.17) is 0 Å². The van der Waals surface area contributed by atoms with Crippen LogP contribution in [0.3, 0.4) is 0 Å². The summed E-state index contributed by atoms with van der Waals surface area (Å²) in [4.78, 5) is 24.8. The molecule has 0 bridgehead atoms. The van der Waals surface area contributed by atoms with E-state index in [2.05, 4.69) is 19.2 Å². The van der Waals surface area contributed by atoms with Gasteiger partial charge in [0.2, 0.25) is 0 Å². The molecule has 1 aromatic carbocycles. The number of fused-ring (bicyclic) bond motifs is 1. The molecule has 1 aliphatic carbocycles. The van der Waals surface area contributed by atoms with Crippen molar-refractivity contribution in [1.82, 2.24) is 0 Å². The SMILES string of the molecule is C=Cc1cc2c(cc1S)C(=O)C(/C=C/C)=CC2=O. The minimum absolute atomic E-state index is 0.145. The lowest BCUT2D eigenvalue weighted by molar-refractivity contribution is 0.0987. The monoisotopic (exact) mass is 256 g/mol. The van der Waals surface area contributed by atoms with E-state index in [1.807, 2.05) is 0 Å². The van der Waals surface area contributed by atoms with Crippen molar-refractivity contribution in [1.29, 1.82) is 0 Å². The predicted octanol–water partition coefficient (Wildman–Crippen LogP) is 3.50. The zero-order chi connectivity index (χ0) is 13.3. The normalized spacial score (nSPS) is 14.7. The number of carbonyl (C=O) groups is 2. The first kappa shape index (κ1) is 12.6. The third-order valence-corrected chi connectivity index (χ3v) is 3.18. The zero-order valence-corrected chi connectivity index (χ0v) is 10.8. The summed E-state index contributed by atoms with van der Waals surface area (Å²) in [6, 6.07) is 3.29. The number of thiol groups is 1. The molecule has 0 aromatic heterocycles. The number of Topliss-reactive ketones (excluding diaryl/α,β-unsaturated/α-hetero) is 1.